The first-order valence-corrected chi connectivity index (χ1v) is 11.5. The van der Waals surface area contributed by atoms with Crippen LogP contribution >= 0.6 is 0 Å². The van der Waals surface area contributed by atoms with Crippen molar-refractivity contribution in [2.45, 2.75) is 19.5 Å². The van der Waals surface area contributed by atoms with Crippen molar-refractivity contribution in [2.75, 3.05) is 11.9 Å². The molecule has 1 aromatic heterocycles. The summed E-state index contributed by atoms with van der Waals surface area (Å²) < 4.78 is 35.7. The second kappa shape index (κ2) is 9.65. The number of halogens is 2. The third kappa shape index (κ3) is 4.33. The van der Waals surface area contributed by atoms with Crippen LogP contribution in [0.25, 0.3) is 5.69 Å². The molecule has 2 amide bonds. The fourth-order valence-corrected chi connectivity index (χ4v) is 4.59. The Bertz CT molecular complexity index is 1430. The van der Waals surface area contributed by atoms with E-state index in [0.29, 0.717) is 5.69 Å². The first-order valence-electron chi connectivity index (χ1n) is 11.5. The fraction of sp³-hybridized carbons (Fsp3) is 0.143. The summed E-state index contributed by atoms with van der Waals surface area (Å²) in [5.74, 6) is -2.04. The Balaban J connectivity index is 1.62. The molecule has 3 aromatic carbocycles. The van der Waals surface area contributed by atoms with Crippen LogP contribution in [0.1, 0.15) is 40.1 Å². The topological polar surface area (TPSA) is 63.6 Å². The van der Waals surface area contributed by atoms with Crippen LogP contribution in [0, 0.1) is 11.6 Å². The summed E-state index contributed by atoms with van der Waals surface area (Å²) in [6, 6.07) is 19.7. The number of anilines is 1. The molecule has 6 nitrogen and oxygen atoms in total. The van der Waals surface area contributed by atoms with Crippen molar-refractivity contribution < 1.29 is 23.1 Å². The normalized spacial score (nSPS) is 14.4. The number of hydrogen-bond donors (Lipinski definition) is 1. The number of amides is 2. The van der Waals surface area contributed by atoms with Crippen LogP contribution in [-0.2, 0) is 11.3 Å². The Kier molecular flexibility index (Phi) is 6.25. The van der Waals surface area contributed by atoms with Crippen LogP contribution in [0.2, 0.25) is 0 Å². The predicted molar refractivity (Wildman–Crippen MR) is 131 cm³/mol. The maximum atomic E-state index is 14.3. The highest BCUT2D eigenvalue weighted by atomic mass is 19.1. The number of esters is 1. The number of rotatable bonds is 4. The van der Waals surface area contributed by atoms with Gasteiger partial charge in [-0.3, -0.25) is 0 Å². The Morgan fingerprint density at radius 1 is 0.972 bits per heavy atom. The van der Waals surface area contributed by atoms with Gasteiger partial charge >= 0.3 is 12.0 Å². The van der Waals surface area contributed by atoms with Gasteiger partial charge in [0.05, 0.1) is 36.1 Å². The predicted octanol–water partition coefficient (Wildman–Crippen LogP) is 6.07. The minimum absolute atomic E-state index is 0.161. The van der Waals surface area contributed by atoms with Gasteiger partial charge in [-0.2, -0.15) is 0 Å². The highest BCUT2D eigenvalue weighted by molar-refractivity contribution is 6.01. The third-order valence-corrected chi connectivity index (χ3v) is 6.09. The molecule has 0 unspecified atom stereocenters. The second-order valence-corrected chi connectivity index (χ2v) is 8.36. The lowest BCUT2D eigenvalue weighted by atomic mass is 10.0. The molecule has 182 valence electrons. The van der Waals surface area contributed by atoms with Gasteiger partial charge in [0, 0.05) is 18.0 Å². The maximum Gasteiger partial charge on any atom is 0.340 e. The zero-order chi connectivity index (χ0) is 25.2. The van der Waals surface area contributed by atoms with Gasteiger partial charge in [-0.15, -0.1) is 0 Å². The number of fused-ring (bicyclic) bond motifs is 3. The molecule has 36 heavy (non-hydrogen) atoms. The molecular formula is C28H23F2N3O3. The number of benzene rings is 3. The van der Waals surface area contributed by atoms with E-state index >= 15 is 0 Å². The molecule has 4 aromatic rings. The molecule has 0 fully saturated rings. The lowest BCUT2D eigenvalue weighted by Gasteiger charge is -2.31. The molecule has 8 heteroatoms. The monoisotopic (exact) mass is 487 g/mol. The first kappa shape index (κ1) is 23.3. The van der Waals surface area contributed by atoms with Crippen molar-refractivity contribution in [3.8, 4) is 5.69 Å². The number of aromatic nitrogens is 1. The Morgan fingerprint density at radius 2 is 1.69 bits per heavy atom. The van der Waals surface area contributed by atoms with Gasteiger partial charge in [-0.1, -0.05) is 30.3 Å². The summed E-state index contributed by atoms with van der Waals surface area (Å²) in [6.07, 6.45) is 1.86. The average molecular weight is 488 g/mol. The molecule has 0 aliphatic carbocycles. The van der Waals surface area contributed by atoms with Gasteiger partial charge in [0.1, 0.15) is 11.6 Å². The number of carbonyl (C=O) groups excluding carboxylic acids is 2. The number of ether oxygens (including phenoxy) is 1. The minimum Gasteiger partial charge on any atom is -0.462 e. The Morgan fingerprint density at radius 3 is 2.47 bits per heavy atom. The van der Waals surface area contributed by atoms with E-state index in [4.69, 9.17) is 4.74 Å². The summed E-state index contributed by atoms with van der Waals surface area (Å²) in [7, 11) is 0. The molecule has 1 N–H and O–H groups in total. The van der Waals surface area contributed by atoms with E-state index in [0.717, 1.165) is 17.3 Å². The smallest absolute Gasteiger partial charge is 0.340 e. The lowest BCUT2D eigenvalue weighted by Crippen LogP contribution is -2.38. The molecule has 1 atom stereocenters. The van der Waals surface area contributed by atoms with Crippen LogP contribution in [-0.4, -0.2) is 28.1 Å². The highest BCUT2D eigenvalue weighted by Gasteiger charge is 2.34. The fourth-order valence-electron chi connectivity index (χ4n) is 4.59. The van der Waals surface area contributed by atoms with Gasteiger partial charge in [0.2, 0.25) is 0 Å². The zero-order valence-corrected chi connectivity index (χ0v) is 19.4. The highest BCUT2D eigenvalue weighted by Crippen LogP contribution is 2.37. The molecule has 1 aliphatic rings. The van der Waals surface area contributed by atoms with Gasteiger partial charge < -0.3 is 19.5 Å². The quantitative estimate of drug-likeness (QED) is 0.356. The Hall–Kier alpha value is -4.46. The van der Waals surface area contributed by atoms with E-state index in [1.165, 1.54) is 17.0 Å². The summed E-state index contributed by atoms with van der Waals surface area (Å²) in [5, 5.41) is 2.82. The van der Waals surface area contributed by atoms with E-state index in [9.17, 15) is 18.4 Å². The second-order valence-electron chi connectivity index (χ2n) is 8.36. The molecule has 0 bridgehead atoms. The van der Waals surface area contributed by atoms with Crippen molar-refractivity contribution in [1.82, 2.24) is 9.47 Å². The maximum absolute atomic E-state index is 14.3. The van der Waals surface area contributed by atoms with Crippen LogP contribution < -0.4 is 5.32 Å². The molecule has 1 aliphatic heterocycles. The van der Waals surface area contributed by atoms with Crippen LogP contribution in [0.4, 0.5) is 19.3 Å². The van der Waals surface area contributed by atoms with Gasteiger partial charge in [0.25, 0.3) is 0 Å². The molecule has 0 saturated carbocycles. The van der Waals surface area contributed by atoms with Crippen molar-refractivity contribution in [2.24, 2.45) is 0 Å². The zero-order valence-electron chi connectivity index (χ0n) is 19.4. The first-order chi connectivity index (χ1) is 17.5. The molecular weight excluding hydrogens is 464 g/mol. The van der Waals surface area contributed by atoms with Crippen molar-refractivity contribution in [3.05, 3.63) is 119 Å². The number of hydrogen-bond acceptors (Lipinski definition) is 3. The molecule has 0 radical (unpaired) electrons. The largest absolute Gasteiger partial charge is 0.462 e. The standard InChI is InChI=1S/C28H23F2N3O3/c1-2-36-27(34)22-9-4-5-10-23(22)31-28(35)33-17-18-8-3-6-11-24(18)32-13-7-12-25(32)26(33)19-14-20(29)16-21(30)15-19/h3-16,26H,2,17H2,1H3,(H,31,35)/t26-/m0/s1. The van der Waals surface area contributed by atoms with E-state index in [1.807, 2.05) is 47.2 Å². The minimum atomic E-state index is -0.813. The molecule has 0 saturated heterocycles. The summed E-state index contributed by atoms with van der Waals surface area (Å²) in [6.45, 7) is 2.05. The van der Waals surface area contributed by atoms with Crippen LogP contribution in [0.5, 0.6) is 0 Å². The SMILES string of the molecule is CCOC(=O)c1ccccc1NC(=O)N1Cc2ccccc2-n2cccc2[C@@H]1c1cc(F)cc(F)c1. The number of nitrogens with zero attached hydrogens (tertiary/aromatic N) is 2. The lowest BCUT2D eigenvalue weighted by molar-refractivity contribution is 0.0527. The van der Waals surface area contributed by atoms with E-state index in [2.05, 4.69) is 5.32 Å². The van der Waals surface area contributed by atoms with Gasteiger partial charge in [-0.05, 0) is 60.5 Å². The molecule has 2 heterocycles. The summed E-state index contributed by atoms with van der Waals surface area (Å²) >= 11 is 0. The van der Waals surface area contributed by atoms with Crippen LogP contribution in [0.3, 0.4) is 0 Å². The average Bonchev–Trinajstić information content (AvgIpc) is 3.28. The van der Waals surface area contributed by atoms with Crippen molar-refractivity contribution in [3.63, 3.8) is 0 Å². The summed E-state index contributed by atoms with van der Waals surface area (Å²) in [5.41, 5.74) is 3.15. The van der Waals surface area contributed by atoms with E-state index in [-0.39, 0.29) is 30.0 Å². The Labute approximate surface area is 206 Å². The third-order valence-electron chi connectivity index (χ3n) is 6.09. The number of para-hydroxylation sites is 2. The number of carbonyl (C=O) groups is 2. The van der Waals surface area contributed by atoms with E-state index in [1.54, 1.807) is 31.2 Å². The summed E-state index contributed by atoms with van der Waals surface area (Å²) in [4.78, 5) is 27.8. The molecule has 5 rings (SSSR count). The van der Waals surface area contributed by atoms with E-state index < -0.39 is 29.7 Å². The van der Waals surface area contributed by atoms with Gasteiger partial charge in [-0.25, -0.2) is 18.4 Å². The molecule has 0 spiro atoms. The number of urea groups is 1. The van der Waals surface area contributed by atoms with Gasteiger partial charge in [0.15, 0.2) is 0 Å². The number of nitrogens with one attached hydrogen (secondary N) is 1. The van der Waals surface area contributed by atoms with Crippen LogP contribution in [0.15, 0.2) is 85.1 Å². The van der Waals surface area contributed by atoms with Crippen molar-refractivity contribution in [1.29, 1.82) is 0 Å². The van der Waals surface area contributed by atoms with Crippen molar-refractivity contribution >= 4 is 17.7 Å².